The largest absolute Gasteiger partial charge is 0.358 e. The van der Waals surface area contributed by atoms with Gasteiger partial charge in [-0.25, -0.2) is 0 Å². The smallest absolute Gasteiger partial charge is 0.147 e. The first-order chi connectivity index (χ1) is 12.1. The van der Waals surface area contributed by atoms with Crippen LogP contribution >= 0.6 is 15.9 Å². The lowest BCUT2D eigenvalue weighted by atomic mass is 9.88. The number of likely N-dealkylation sites (tertiary alicyclic amines) is 1. The maximum Gasteiger partial charge on any atom is 0.147 e. The molecule has 25 heavy (non-hydrogen) atoms. The molecule has 1 atom stereocenters. The summed E-state index contributed by atoms with van der Waals surface area (Å²) in [7, 11) is 0. The van der Waals surface area contributed by atoms with Gasteiger partial charge in [-0.15, -0.1) is 0 Å². The third kappa shape index (κ3) is 3.42. The molecule has 1 aliphatic heterocycles. The summed E-state index contributed by atoms with van der Waals surface area (Å²) in [6.45, 7) is 4.41. The Morgan fingerprint density at radius 2 is 1.92 bits per heavy atom. The highest BCUT2D eigenvalue weighted by molar-refractivity contribution is 9.10. The van der Waals surface area contributed by atoms with Crippen molar-refractivity contribution < 1.29 is 4.79 Å². The number of hydrogen-bond acceptors (Lipinski definition) is 2. The second-order valence-electron chi connectivity index (χ2n) is 6.95. The molecule has 1 fully saturated rings. The summed E-state index contributed by atoms with van der Waals surface area (Å²) < 4.78 is 1.08. The molecule has 0 amide bonds. The molecule has 3 nitrogen and oxygen atoms in total. The van der Waals surface area contributed by atoms with Crippen molar-refractivity contribution in [1.29, 1.82) is 0 Å². The summed E-state index contributed by atoms with van der Waals surface area (Å²) in [5, 5.41) is 1.25. The topological polar surface area (TPSA) is 36.1 Å². The van der Waals surface area contributed by atoms with Gasteiger partial charge in [-0.3, -0.25) is 9.69 Å². The summed E-state index contributed by atoms with van der Waals surface area (Å²) in [6.07, 6.45) is 0.638. The lowest BCUT2D eigenvalue weighted by Gasteiger charge is -2.32. The number of Topliss-reactive ketones (excluding diaryl/α,β-unsaturated/α-hetero) is 1. The Labute approximate surface area is 156 Å². The highest BCUT2D eigenvalue weighted by Crippen LogP contribution is 2.34. The fraction of sp³-hybridized carbons (Fsp3) is 0.286. The van der Waals surface area contributed by atoms with Crippen LogP contribution in [-0.2, 0) is 11.3 Å². The van der Waals surface area contributed by atoms with Gasteiger partial charge in [0, 0.05) is 46.5 Å². The zero-order chi connectivity index (χ0) is 17.4. The van der Waals surface area contributed by atoms with Crippen LogP contribution in [0.2, 0.25) is 0 Å². The molecule has 2 aromatic carbocycles. The van der Waals surface area contributed by atoms with E-state index in [1.165, 1.54) is 22.2 Å². The number of aryl methyl sites for hydroxylation is 1. The van der Waals surface area contributed by atoms with Crippen molar-refractivity contribution >= 4 is 32.6 Å². The number of nitrogens with zero attached hydrogens (tertiary/aromatic N) is 1. The minimum absolute atomic E-state index is 0.257. The fourth-order valence-corrected chi connectivity index (χ4v) is 4.28. The highest BCUT2D eigenvalue weighted by atomic mass is 79.9. The van der Waals surface area contributed by atoms with E-state index in [9.17, 15) is 4.79 Å². The average Bonchev–Trinajstić information content (AvgIpc) is 2.92. The number of benzene rings is 2. The molecule has 1 aliphatic rings. The standard InChI is InChI=1S/C21H21BrN2O/c1-14-21(19-4-2-3-5-20(19)23-14)16-10-18(25)13-24(12-16)11-15-6-8-17(22)9-7-15/h2-9,16,23H,10-13H2,1H3/t16-/m0/s1. The molecule has 3 aromatic rings. The second-order valence-corrected chi connectivity index (χ2v) is 7.86. The molecule has 0 bridgehead atoms. The monoisotopic (exact) mass is 396 g/mol. The maximum absolute atomic E-state index is 12.4. The van der Waals surface area contributed by atoms with Crippen molar-refractivity contribution in [2.45, 2.75) is 25.8 Å². The molecular weight excluding hydrogens is 376 g/mol. The molecule has 1 saturated heterocycles. The molecule has 4 rings (SSSR count). The molecule has 128 valence electrons. The van der Waals surface area contributed by atoms with E-state index in [1.807, 2.05) is 6.07 Å². The van der Waals surface area contributed by atoms with E-state index in [4.69, 9.17) is 0 Å². The SMILES string of the molecule is Cc1[nH]c2ccccc2c1[C@H]1CC(=O)CN(Cc2ccc(Br)cc2)C1. The van der Waals surface area contributed by atoms with E-state index in [-0.39, 0.29) is 5.92 Å². The average molecular weight is 397 g/mol. The Hall–Kier alpha value is -1.91. The molecule has 4 heteroatoms. The quantitative estimate of drug-likeness (QED) is 0.690. The van der Waals surface area contributed by atoms with Gasteiger partial charge >= 0.3 is 0 Å². The Morgan fingerprint density at radius 3 is 2.72 bits per heavy atom. The molecule has 0 unspecified atom stereocenters. The summed E-state index contributed by atoms with van der Waals surface area (Å²) in [5.41, 5.74) is 4.90. The van der Waals surface area contributed by atoms with Crippen LogP contribution in [0.25, 0.3) is 10.9 Å². The predicted molar refractivity (Wildman–Crippen MR) is 105 cm³/mol. The zero-order valence-corrected chi connectivity index (χ0v) is 15.8. The number of piperidine rings is 1. The van der Waals surface area contributed by atoms with Crippen LogP contribution in [0.3, 0.4) is 0 Å². The number of hydrogen-bond donors (Lipinski definition) is 1. The highest BCUT2D eigenvalue weighted by Gasteiger charge is 2.29. The number of aromatic amines is 1. The lowest BCUT2D eigenvalue weighted by molar-refractivity contribution is -0.122. The van der Waals surface area contributed by atoms with Crippen molar-refractivity contribution in [3.05, 3.63) is 69.8 Å². The normalized spacial score (nSPS) is 18.8. The van der Waals surface area contributed by atoms with Gasteiger partial charge in [0.05, 0.1) is 6.54 Å². The first-order valence-electron chi connectivity index (χ1n) is 8.66. The van der Waals surface area contributed by atoms with Gasteiger partial charge in [0.2, 0.25) is 0 Å². The number of para-hydroxylation sites is 1. The first-order valence-corrected chi connectivity index (χ1v) is 9.45. The Bertz CT molecular complexity index is 913. The van der Waals surface area contributed by atoms with Crippen LogP contribution in [0.1, 0.15) is 29.2 Å². The van der Waals surface area contributed by atoms with Crippen LogP contribution in [-0.4, -0.2) is 28.8 Å². The number of carbonyl (C=O) groups is 1. The van der Waals surface area contributed by atoms with Crippen molar-refractivity contribution in [3.8, 4) is 0 Å². The summed E-state index contributed by atoms with van der Waals surface area (Å²) in [5.74, 6) is 0.589. The number of halogens is 1. The molecule has 1 aromatic heterocycles. The van der Waals surface area contributed by atoms with Crippen LogP contribution in [0.5, 0.6) is 0 Å². The number of aromatic nitrogens is 1. The minimum Gasteiger partial charge on any atom is -0.358 e. The molecule has 1 N–H and O–H groups in total. The van der Waals surface area contributed by atoms with Crippen molar-refractivity contribution in [1.82, 2.24) is 9.88 Å². The summed E-state index contributed by atoms with van der Waals surface area (Å²) in [4.78, 5) is 18.2. The van der Waals surface area contributed by atoms with Gasteiger partial charge in [0.25, 0.3) is 0 Å². The molecule has 0 radical (unpaired) electrons. The molecule has 2 heterocycles. The predicted octanol–water partition coefficient (Wildman–Crippen LogP) is 4.80. The van der Waals surface area contributed by atoms with E-state index in [0.717, 1.165) is 23.1 Å². The minimum atomic E-state index is 0.257. The summed E-state index contributed by atoms with van der Waals surface area (Å²) in [6, 6.07) is 16.7. The number of H-pyrrole nitrogens is 1. The molecular formula is C21H21BrN2O. The van der Waals surface area contributed by atoms with Crippen molar-refractivity contribution in [2.75, 3.05) is 13.1 Å². The van der Waals surface area contributed by atoms with Gasteiger partial charge in [-0.1, -0.05) is 46.3 Å². The summed E-state index contributed by atoms with van der Waals surface area (Å²) >= 11 is 3.48. The van der Waals surface area contributed by atoms with Crippen LogP contribution in [0, 0.1) is 6.92 Å². The molecule has 0 aliphatic carbocycles. The third-order valence-electron chi connectivity index (χ3n) is 5.02. The third-order valence-corrected chi connectivity index (χ3v) is 5.55. The second kappa shape index (κ2) is 6.77. The Kier molecular flexibility index (Phi) is 4.48. The van der Waals surface area contributed by atoms with Gasteiger partial charge in [-0.2, -0.15) is 0 Å². The van der Waals surface area contributed by atoms with Crippen molar-refractivity contribution in [2.24, 2.45) is 0 Å². The fourth-order valence-electron chi connectivity index (χ4n) is 4.02. The van der Waals surface area contributed by atoms with E-state index >= 15 is 0 Å². The van der Waals surface area contributed by atoms with E-state index in [2.05, 4.69) is 75.2 Å². The number of fused-ring (bicyclic) bond motifs is 1. The number of nitrogens with one attached hydrogen (secondary N) is 1. The van der Waals surface area contributed by atoms with E-state index in [1.54, 1.807) is 0 Å². The van der Waals surface area contributed by atoms with Crippen LogP contribution in [0.15, 0.2) is 53.0 Å². The maximum atomic E-state index is 12.4. The Morgan fingerprint density at radius 1 is 1.16 bits per heavy atom. The van der Waals surface area contributed by atoms with Gasteiger partial charge in [-0.05, 0) is 36.2 Å². The van der Waals surface area contributed by atoms with E-state index in [0.29, 0.717) is 18.7 Å². The van der Waals surface area contributed by atoms with Crippen LogP contribution < -0.4 is 0 Å². The Balaban J connectivity index is 1.60. The van der Waals surface area contributed by atoms with Crippen molar-refractivity contribution in [3.63, 3.8) is 0 Å². The van der Waals surface area contributed by atoms with Gasteiger partial charge in [0.1, 0.15) is 5.78 Å². The van der Waals surface area contributed by atoms with Gasteiger partial charge in [0.15, 0.2) is 0 Å². The number of ketones is 1. The number of carbonyl (C=O) groups excluding carboxylic acids is 1. The first kappa shape index (κ1) is 16.6. The lowest BCUT2D eigenvalue weighted by Crippen LogP contribution is -2.39. The molecule has 0 spiro atoms. The van der Waals surface area contributed by atoms with E-state index < -0.39 is 0 Å². The van der Waals surface area contributed by atoms with Crippen LogP contribution in [0.4, 0.5) is 0 Å². The molecule has 0 saturated carbocycles. The number of rotatable bonds is 3. The zero-order valence-electron chi connectivity index (χ0n) is 14.3. The van der Waals surface area contributed by atoms with Gasteiger partial charge < -0.3 is 4.98 Å².